The number of amidine groups is 1. The van der Waals surface area contributed by atoms with Gasteiger partial charge in [0.15, 0.2) is 0 Å². The van der Waals surface area contributed by atoms with Crippen LogP contribution in [0.5, 0.6) is 0 Å². The minimum atomic E-state index is 0.197. The molecule has 2 rings (SSSR count). The van der Waals surface area contributed by atoms with E-state index < -0.39 is 0 Å². The minimum absolute atomic E-state index is 0.197. The molecule has 2 atom stereocenters. The third-order valence-corrected chi connectivity index (χ3v) is 3.20. The number of hydrogen-bond acceptors (Lipinski definition) is 3. The fourth-order valence-corrected chi connectivity index (χ4v) is 2.51. The van der Waals surface area contributed by atoms with Gasteiger partial charge >= 0.3 is 0 Å². The predicted molar refractivity (Wildman–Crippen MR) is 52.5 cm³/mol. The van der Waals surface area contributed by atoms with Crippen LogP contribution >= 0.6 is 0 Å². The van der Waals surface area contributed by atoms with E-state index in [2.05, 4.69) is 11.9 Å². The van der Waals surface area contributed by atoms with Gasteiger partial charge in [-0.3, -0.25) is 0 Å². The quantitative estimate of drug-likeness (QED) is 0.670. The van der Waals surface area contributed by atoms with Crippen LogP contribution in [-0.2, 0) is 4.74 Å². The van der Waals surface area contributed by atoms with Gasteiger partial charge in [0.05, 0.1) is 6.04 Å². The van der Waals surface area contributed by atoms with Gasteiger partial charge in [0, 0.05) is 0 Å². The van der Waals surface area contributed by atoms with E-state index in [4.69, 9.17) is 10.5 Å². The van der Waals surface area contributed by atoms with Crippen molar-refractivity contribution in [2.75, 3.05) is 0 Å². The summed E-state index contributed by atoms with van der Waals surface area (Å²) in [5, 5.41) is 0. The van der Waals surface area contributed by atoms with Crippen molar-refractivity contribution in [2.24, 2.45) is 16.6 Å². The largest absolute Gasteiger partial charge is 0.460 e. The molecule has 0 amide bonds. The molecule has 0 unspecified atom stereocenters. The molecule has 0 aromatic carbocycles. The Balaban J connectivity index is 1.98. The van der Waals surface area contributed by atoms with Gasteiger partial charge in [-0.25, -0.2) is 4.99 Å². The highest BCUT2D eigenvalue weighted by Gasteiger charge is 2.33. The molecule has 1 heterocycles. The summed E-state index contributed by atoms with van der Waals surface area (Å²) in [6.45, 7) is 2.07. The molecule has 1 aliphatic carbocycles. The van der Waals surface area contributed by atoms with Crippen molar-refractivity contribution in [3.63, 3.8) is 0 Å². The summed E-state index contributed by atoms with van der Waals surface area (Å²) in [4.78, 5) is 4.37. The van der Waals surface area contributed by atoms with Crippen molar-refractivity contribution in [3.05, 3.63) is 0 Å². The van der Waals surface area contributed by atoms with Crippen molar-refractivity contribution in [1.29, 1.82) is 0 Å². The van der Waals surface area contributed by atoms with Gasteiger partial charge in [0.2, 0.25) is 0 Å². The maximum atomic E-state index is 5.55. The summed E-state index contributed by atoms with van der Waals surface area (Å²) in [6.07, 6.45) is 6.89. The van der Waals surface area contributed by atoms with Gasteiger partial charge in [0.1, 0.15) is 6.10 Å². The molecule has 0 aromatic heterocycles. The Labute approximate surface area is 79.4 Å². The molecule has 0 radical (unpaired) electrons. The maximum Gasteiger partial charge on any atom is 0.282 e. The highest BCUT2D eigenvalue weighted by molar-refractivity contribution is 5.73. The smallest absolute Gasteiger partial charge is 0.282 e. The number of rotatable bonds is 1. The number of nitrogens with two attached hydrogens (primary N) is 1. The average molecular weight is 182 g/mol. The Morgan fingerprint density at radius 2 is 2.00 bits per heavy atom. The lowest BCUT2D eigenvalue weighted by molar-refractivity contribution is 0.162. The van der Waals surface area contributed by atoms with E-state index in [-0.39, 0.29) is 6.10 Å². The number of ether oxygens (including phenoxy) is 1. The molecule has 0 bridgehead atoms. The Morgan fingerprint density at radius 1 is 1.31 bits per heavy atom. The Hall–Kier alpha value is -0.730. The van der Waals surface area contributed by atoms with Crippen molar-refractivity contribution in [2.45, 2.75) is 51.2 Å². The van der Waals surface area contributed by atoms with Crippen LogP contribution in [0.15, 0.2) is 4.99 Å². The van der Waals surface area contributed by atoms with Gasteiger partial charge in [-0.2, -0.15) is 0 Å². The van der Waals surface area contributed by atoms with Crippen LogP contribution in [0.25, 0.3) is 0 Å². The van der Waals surface area contributed by atoms with Crippen molar-refractivity contribution in [3.8, 4) is 0 Å². The molecular weight excluding hydrogens is 164 g/mol. The summed E-state index contributed by atoms with van der Waals surface area (Å²) in [7, 11) is 0. The third kappa shape index (κ3) is 1.79. The Kier molecular flexibility index (Phi) is 2.42. The first-order valence-corrected chi connectivity index (χ1v) is 5.27. The molecule has 0 aromatic rings. The second-order valence-electron chi connectivity index (χ2n) is 4.18. The molecule has 3 nitrogen and oxygen atoms in total. The molecule has 1 saturated carbocycles. The van der Waals surface area contributed by atoms with Crippen LogP contribution in [-0.4, -0.2) is 18.2 Å². The summed E-state index contributed by atoms with van der Waals surface area (Å²) < 4.78 is 5.35. The number of nitrogens with zero attached hydrogens (tertiary/aromatic N) is 1. The van der Waals surface area contributed by atoms with E-state index in [0.717, 1.165) is 0 Å². The molecule has 1 fully saturated rings. The van der Waals surface area contributed by atoms with Crippen LogP contribution in [0.1, 0.15) is 39.0 Å². The first-order valence-electron chi connectivity index (χ1n) is 5.27. The van der Waals surface area contributed by atoms with Gasteiger partial charge < -0.3 is 10.5 Å². The number of aliphatic imine (C=N–C) groups is 1. The van der Waals surface area contributed by atoms with Crippen molar-refractivity contribution in [1.82, 2.24) is 0 Å². The molecular formula is C10H18N2O. The summed E-state index contributed by atoms with van der Waals surface area (Å²) in [5.74, 6) is 0.713. The van der Waals surface area contributed by atoms with E-state index in [1.807, 2.05) is 0 Å². The van der Waals surface area contributed by atoms with E-state index in [9.17, 15) is 0 Å². The highest BCUT2D eigenvalue weighted by Crippen LogP contribution is 2.32. The van der Waals surface area contributed by atoms with Crippen LogP contribution in [0.2, 0.25) is 0 Å². The number of hydrogen-bond donors (Lipinski definition) is 1. The van der Waals surface area contributed by atoms with E-state index in [1.165, 1.54) is 32.1 Å². The maximum absolute atomic E-state index is 5.55. The zero-order chi connectivity index (χ0) is 9.26. The van der Waals surface area contributed by atoms with E-state index >= 15 is 0 Å². The predicted octanol–water partition coefficient (Wildman–Crippen LogP) is 1.67. The van der Waals surface area contributed by atoms with Crippen LogP contribution in [0, 0.1) is 5.92 Å². The van der Waals surface area contributed by atoms with Crippen LogP contribution in [0.3, 0.4) is 0 Å². The standard InChI is InChI=1S/C10H18N2O/c1-7-9(12-10(11)13-7)8-5-3-2-4-6-8/h7-9H,2-6H2,1H3,(H2,11,12)/t7-,9+/m0/s1. The second-order valence-corrected chi connectivity index (χ2v) is 4.18. The topological polar surface area (TPSA) is 47.6 Å². The molecule has 0 spiro atoms. The zero-order valence-corrected chi connectivity index (χ0v) is 8.20. The fourth-order valence-electron chi connectivity index (χ4n) is 2.51. The molecule has 2 aliphatic rings. The minimum Gasteiger partial charge on any atom is -0.460 e. The Morgan fingerprint density at radius 3 is 2.54 bits per heavy atom. The first-order chi connectivity index (χ1) is 6.27. The molecule has 0 saturated heterocycles. The lowest BCUT2D eigenvalue weighted by Crippen LogP contribution is -2.29. The second kappa shape index (κ2) is 3.56. The fraction of sp³-hybridized carbons (Fsp3) is 0.900. The van der Waals surface area contributed by atoms with Gasteiger partial charge in [-0.15, -0.1) is 0 Å². The van der Waals surface area contributed by atoms with Gasteiger partial charge in [-0.1, -0.05) is 19.3 Å². The van der Waals surface area contributed by atoms with E-state index in [0.29, 0.717) is 18.0 Å². The third-order valence-electron chi connectivity index (χ3n) is 3.20. The van der Waals surface area contributed by atoms with Crippen LogP contribution < -0.4 is 5.73 Å². The Bertz CT molecular complexity index is 209. The highest BCUT2D eigenvalue weighted by atomic mass is 16.5. The monoisotopic (exact) mass is 182 g/mol. The first kappa shape index (κ1) is 8.85. The SMILES string of the molecule is C[C@@H]1OC(N)=N[C@H]1C1CCCCC1. The molecule has 2 N–H and O–H groups in total. The van der Waals surface area contributed by atoms with Crippen molar-refractivity contribution < 1.29 is 4.74 Å². The average Bonchev–Trinajstić information content (AvgIpc) is 2.47. The molecule has 13 heavy (non-hydrogen) atoms. The summed E-state index contributed by atoms with van der Waals surface area (Å²) in [5.41, 5.74) is 5.55. The van der Waals surface area contributed by atoms with Crippen LogP contribution in [0.4, 0.5) is 0 Å². The lowest BCUT2D eigenvalue weighted by atomic mass is 9.82. The van der Waals surface area contributed by atoms with E-state index in [1.54, 1.807) is 0 Å². The van der Waals surface area contributed by atoms with Crippen molar-refractivity contribution >= 4 is 6.02 Å². The zero-order valence-electron chi connectivity index (χ0n) is 8.20. The van der Waals surface area contributed by atoms with Gasteiger partial charge in [-0.05, 0) is 25.7 Å². The molecule has 3 heteroatoms. The lowest BCUT2D eigenvalue weighted by Gasteiger charge is -2.26. The normalized spacial score (nSPS) is 35.6. The summed E-state index contributed by atoms with van der Waals surface area (Å²) in [6, 6.07) is 0.725. The molecule has 1 aliphatic heterocycles. The van der Waals surface area contributed by atoms with Gasteiger partial charge in [0.25, 0.3) is 6.02 Å². The molecule has 74 valence electrons. The summed E-state index contributed by atoms with van der Waals surface area (Å²) >= 11 is 0.